The molecule has 1 aromatic heterocycles. The third-order valence-electron chi connectivity index (χ3n) is 4.54. The zero-order chi connectivity index (χ0) is 18.9. The normalized spacial score (nSPS) is 18.8. The highest BCUT2D eigenvalue weighted by Gasteiger charge is 2.32. The van der Waals surface area contributed by atoms with Crippen molar-refractivity contribution in [3.8, 4) is 0 Å². The van der Waals surface area contributed by atoms with Crippen molar-refractivity contribution in [1.29, 1.82) is 0 Å². The van der Waals surface area contributed by atoms with Crippen LogP contribution in [0.2, 0.25) is 0 Å². The molecule has 0 aliphatic carbocycles. The molecule has 1 saturated heterocycles. The van der Waals surface area contributed by atoms with E-state index in [1.165, 1.54) is 11.8 Å². The predicted molar refractivity (Wildman–Crippen MR) is 102 cm³/mol. The van der Waals surface area contributed by atoms with Gasteiger partial charge in [0, 0.05) is 18.7 Å². The molecule has 0 bridgehead atoms. The van der Waals surface area contributed by atoms with Gasteiger partial charge in [0.15, 0.2) is 15.0 Å². The fourth-order valence-corrected chi connectivity index (χ4v) is 5.58. The minimum atomic E-state index is -2.97. The number of para-hydroxylation sites is 1. The van der Waals surface area contributed by atoms with Crippen LogP contribution in [0.25, 0.3) is 0 Å². The fourth-order valence-electron chi connectivity index (χ4n) is 3.12. The Hall–Kier alpha value is -1.87. The predicted octanol–water partition coefficient (Wildman–Crippen LogP) is 2.06. The van der Waals surface area contributed by atoms with Crippen LogP contribution in [-0.4, -0.2) is 46.3 Å². The Bertz CT molecular complexity index is 917. The van der Waals surface area contributed by atoms with Gasteiger partial charge in [-0.25, -0.2) is 8.42 Å². The first kappa shape index (κ1) is 18.9. The number of sulfone groups is 1. The summed E-state index contributed by atoms with van der Waals surface area (Å²) in [5.74, 6) is 0.976. The zero-order valence-electron chi connectivity index (χ0n) is 15.0. The molecular weight excluding hydrogens is 372 g/mol. The summed E-state index contributed by atoms with van der Waals surface area (Å²) in [6.07, 6.45) is 0.575. The van der Waals surface area contributed by atoms with Crippen LogP contribution in [0, 0.1) is 13.8 Å². The molecule has 1 fully saturated rings. The Morgan fingerprint density at radius 3 is 2.62 bits per heavy atom. The van der Waals surface area contributed by atoms with E-state index in [4.69, 9.17) is 0 Å². The third-order valence-corrected chi connectivity index (χ3v) is 7.33. The maximum Gasteiger partial charge on any atom is 0.234 e. The van der Waals surface area contributed by atoms with Gasteiger partial charge in [0.05, 0.1) is 17.3 Å². The van der Waals surface area contributed by atoms with Gasteiger partial charge in [-0.1, -0.05) is 30.0 Å². The van der Waals surface area contributed by atoms with Gasteiger partial charge in [0.2, 0.25) is 5.91 Å². The maximum atomic E-state index is 12.3. The zero-order valence-corrected chi connectivity index (χ0v) is 16.7. The molecule has 2 heterocycles. The summed E-state index contributed by atoms with van der Waals surface area (Å²) < 4.78 is 25.1. The number of carbonyl (C=O) groups is 1. The van der Waals surface area contributed by atoms with Crippen molar-refractivity contribution >= 4 is 33.2 Å². The van der Waals surface area contributed by atoms with Crippen molar-refractivity contribution in [2.24, 2.45) is 7.05 Å². The number of nitrogens with zero attached hydrogens (tertiary/aromatic N) is 3. The van der Waals surface area contributed by atoms with E-state index in [0.717, 1.165) is 16.8 Å². The van der Waals surface area contributed by atoms with Crippen molar-refractivity contribution in [3.05, 3.63) is 35.2 Å². The van der Waals surface area contributed by atoms with Crippen LogP contribution >= 0.6 is 11.8 Å². The van der Waals surface area contributed by atoms with E-state index >= 15 is 0 Å². The third kappa shape index (κ3) is 4.09. The average molecular weight is 395 g/mol. The second kappa shape index (κ2) is 7.40. The number of nitrogens with one attached hydrogen (secondary N) is 1. The first-order chi connectivity index (χ1) is 12.3. The highest BCUT2D eigenvalue weighted by Crippen LogP contribution is 2.29. The number of hydrogen-bond donors (Lipinski definition) is 1. The van der Waals surface area contributed by atoms with Gasteiger partial charge in [-0.05, 0) is 31.4 Å². The van der Waals surface area contributed by atoms with Crippen LogP contribution < -0.4 is 5.32 Å². The van der Waals surface area contributed by atoms with Crippen LogP contribution in [0.5, 0.6) is 0 Å². The van der Waals surface area contributed by atoms with Crippen LogP contribution in [-0.2, 0) is 21.7 Å². The standard InChI is InChI=1S/C17H22N4O3S2/c1-11-5-4-6-12(2)15(11)18-14(22)9-25-17-20-19-16(21(17)3)13-7-8-26(23,24)10-13/h4-6,13H,7-10H2,1-3H3,(H,18,22)/t13-/m0/s1. The molecule has 1 atom stereocenters. The Morgan fingerprint density at radius 2 is 2.00 bits per heavy atom. The van der Waals surface area contributed by atoms with Gasteiger partial charge < -0.3 is 9.88 Å². The molecule has 0 saturated carbocycles. The van der Waals surface area contributed by atoms with E-state index in [9.17, 15) is 13.2 Å². The molecule has 9 heteroatoms. The average Bonchev–Trinajstić information content (AvgIpc) is 3.11. The van der Waals surface area contributed by atoms with Gasteiger partial charge >= 0.3 is 0 Å². The molecule has 1 aromatic carbocycles. The Balaban J connectivity index is 1.63. The fraction of sp³-hybridized carbons (Fsp3) is 0.471. The summed E-state index contributed by atoms with van der Waals surface area (Å²) >= 11 is 1.29. The van der Waals surface area contributed by atoms with Crippen LogP contribution in [0.1, 0.15) is 29.3 Å². The van der Waals surface area contributed by atoms with Crippen LogP contribution in [0.4, 0.5) is 5.69 Å². The number of hydrogen-bond acceptors (Lipinski definition) is 6. The lowest BCUT2D eigenvalue weighted by Gasteiger charge is -2.11. The summed E-state index contributed by atoms with van der Waals surface area (Å²) in [7, 11) is -1.16. The van der Waals surface area contributed by atoms with E-state index in [2.05, 4.69) is 15.5 Å². The molecule has 1 amide bonds. The minimum absolute atomic E-state index is 0.111. The number of carbonyl (C=O) groups excluding carboxylic acids is 1. The van der Waals surface area contributed by atoms with Gasteiger partial charge in [-0.2, -0.15) is 0 Å². The molecule has 2 aromatic rings. The largest absolute Gasteiger partial charge is 0.325 e. The molecule has 7 nitrogen and oxygen atoms in total. The van der Waals surface area contributed by atoms with E-state index in [0.29, 0.717) is 17.4 Å². The van der Waals surface area contributed by atoms with Gasteiger partial charge in [0.1, 0.15) is 5.82 Å². The van der Waals surface area contributed by atoms with Crippen molar-refractivity contribution < 1.29 is 13.2 Å². The van der Waals surface area contributed by atoms with Crippen molar-refractivity contribution in [3.63, 3.8) is 0 Å². The topological polar surface area (TPSA) is 94.0 Å². The van der Waals surface area contributed by atoms with Gasteiger partial charge in [0.25, 0.3) is 0 Å². The number of anilines is 1. The lowest BCUT2D eigenvalue weighted by atomic mass is 10.1. The summed E-state index contributed by atoms with van der Waals surface area (Å²) in [6.45, 7) is 3.92. The quantitative estimate of drug-likeness (QED) is 0.780. The van der Waals surface area contributed by atoms with Gasteiger partial charge in [-0.3, -0.25) is 4.79 Å². The molecule has 0 radical (unpaired) electrons. The van der Waals surface area contributed by atoms with E-state index in [-0.39, 0.29) is 29.1 Å². The summed E-state index contributed by atoms with van der Waals surface area (Å²) in [6, 6.07) is 5.88. The van der Waals surface area contributed by atoms with Crippen molar-refractivity contribution in [2.75, 3.05) is 22.6 Å². The first-order valence-electron chi connectivity index (χ1n) is 8.35. The highest BCUT2D eigenvalue weighted by molar-refractivity contribution is 7.99. The monoisotopic (exact) mass is 394 g/mol. The van der Waals surface area contributed by atoms with Gasteiger partial charge in [-0.15, -0.1) is 10.2 Å². The van der Waals surface area contributed by atoms with Crippen LogP contribution in [0.15, 0.2) is 23.4 Å². The van der Waals surface area contributed by atoms with Crippen molar-refractivity contribution in [2.45, 2.75) is 31.3 Å². The smallest absolute Gasteiger partial charge is 0.234 e. The molecule has 1 aliphatic rings. The number of benzene rings is 1. The molecule has 140 valence electrons. The number of aryl methyl sites for hydroxylation is 2. The van der Waals surface area contributed by atoms with Crippen molar-refractivity contribution in [1.82, 2.24) is 14.8 Å². The summed E-state index contributed by atoms with van der Waals surface area (Å²) in [4.78, 5) is 12.3. The minimum Gasteiger partial charge on any atom is -0.325 e. The Kier molecular flexibility index (Phi) is 5.38. The van der Waals surface area contributed by atoms with E-state index in [1.807, 2.05) is 39.1 Å². The van der Waals surface area contributed by atoms with Crippen LogP contribution in [0.3, 0.4) is 0 Å². The van der Waals surface area contributed by atoms with E-state index in [1.54, 1.807) is 4.57 Å². The molecule has 1 N–H and O–H groups in total. The summed E-state index contributed by atoms with van der Waals surface area (Å²) in [5, 5.41) is 11.8. The molecule has 0 unspecified atom stereocenters. The summed E-state index contributed by atoms with van der Waals surface area (Å²) in [5.41, 5.74) is 2.88. The molecule has 26 heavy (non-hydrogen) atoms. The molecule has 0 spiro atoms. The lowest BCUT2D eigenvalue weighted by Crippen LogP contribution is -2.16. The number of aromatic nitrogens is 3. The second-order valence-corrected chi connectivity index (χ2v) is 9.77. The Morgan fingerprint density at radius 1 is 1.31 bits per heavy atom. The SMILES string of the molecule is Cc1cccc(C)c1NC(=O)CSc1nnc([C@H]2CCS(=O)(=O)C2)n1C. The number of thioether (sulfide) groups is 1. The lowest BCUT2D eigenvalue weighted by molar-refractivity contribution is -0.113. The molecule has 3 rings (SSSR count). The van der Waals surface area contributed by atoms with E-state index < -0.39 is 9.84 Å². The molecule has 1 aliphatic heterocycles. The highest BCUT2D eigenvalue weighted by atomic mass is 32.2. The maximum absolute atomic E-state index is 12.3. The molecular formula is C17H22N4O3S2. The number of rotatable bonds is 5. The second-order valence-electron chi connectivity index (χ2n) is 6.60. The number of amides is 1. The first-order valence-corrected chi connectivity index (χ1v) is 11.2. The Labute approximate surface area is 157 Å².